The molecule has 0 radical (unpaired) electrons. The summed E-state index contributed by atoms with van der Waals surface area (Å²) in [5, 5.41) is 3.09. The fraction of sp³-hybridized carbons (Fsp3) is 0.806. The van der Waals surface area contributed by atoms with E-state index in [4.69, 9.17) is 4.74 Å². The molecule has 2 saturated heterocycles. The number of ether oxygens (including phenoxy) is 1. The summed E-state index contributed by atoms with van der Waals surface area (Å²) in [6, 6.07) is -0.921. The van der Waals surface area contributed by atoms with Crippen molar-refractivity contribution >= 4 is 23.7 Å². The van der Waals surface area contributed by atoms with Gasteiger partial charge in [0.25, 0.3) is 0 Å². The van der Waals surface area contributed by atoms with Gasteiger partial charge in [0.1, 0.15) is 6.04 Å². The number of carbonyl (C=O) groups excluding carboxylic acids is 4. The van der Waals surface area contributed by atoms with Gasteiger partial charge in [0.05, 0.1) is 24.6 Å². The van der Waals surface area contributed by atoms with E-state index in [1.54, 1.807) is 30.7 Å². The van der Waals surface area contributed by atoms with Gasteiger partial charge in [0, 0.05) is 31.8 Å². The Balaban J connectivity index is 2.12. The molecule has 2 rings (SSSR count). The molecule has 9 nitrogen and oxygen atoms in total. The maximum atomic E-state index is 13.8. The lowest BCUT2D eigenvalue weighted by Gasteiger charge is -2.39. The summed E-state index contributed by atoms with van der Waals surface area (Å²) in [4.78, 5) is 58.2. The summed E-state index contributed by atoms with van der Waals surface area (Å²) in [5.74, 6) is -0.684. The molecule has 2 heterocycles. The number of likely N-dealkylation sites (tertiary alicyclic amines) is 2. The van der Waals surface area contributed by atoms with Crippen LogP contribution < -0.4 is 5.32 Å². The van der Waals surface area contributed by atoms with Gasteiger partial charge in [-0.3, -0.25) is 24.1 Å². The summed E-state index contributed by atoms with van der Waals surface area (Å²) < 4.78 is 5.14. The van der Waals surface area contributed by atoms with E-state index < -0.39 is 6.04 Å². The first-order valence-corrected chi connectivity index (χ1v) is 15.3. The van der Waals surface area contributed by atoms with Gasteiger partial charge in [-0.05, 0) is 71.8 Å². The molecule has 0 aliphatic carbocycles. The van der Waals surface area contributed by atoms with Crippen LogP contribution in [0.15, 0.2) is 11.6 Å². The Morgan fingerprint density at radius 1 is 0.950 bits per heavy atom. The zero-order valence-electron chi connectivity index (χ0n) is 26.4. The van der Waals surface area contributed by atoms with Gasteiger partial charge in [0.2, 0.25) is 17.7 Å². The maximum absolute atomic E-state index is 13.8. The van der Waals surface area contributed by atoms with E-state index in [2.05, 4.69) is 24.1 Å². The average Bonchev–Trinajstić information content (AvgIpc) is 2.92. The highest BCUT2D eigenvalue weighted by Crippen LogP contribution is 2.23. The molecule has 3 atom stereocenters. The summed E-state index contributed by atoms with van der Waals surface area (Å²) >= 11 is 0. The van der Waals surface area contributed by atoms with Gasteiger partial charge in [-0.25, -0.2) is 0 Å². The van der Waals surface area contributed by atoms with Crippen LogP contribution in [0.1, 0.15) is 87.5 Å². The number of nitrogens with zero attached hydrogens (tertiary/aromatic N) is 3. The fourth-order valence-electron chi connectivity index (χ4n) is 5.89. The number of rotatable bonds is 11. The van der Waals surface area contributed by atoms with Crippen LogP contribution in [-0.4, -0.2) is 95.8 Å². The molecule has 0 aromatic carbocycles. The van der Waals surface area contributed by atoms with Gasteiger partial charge < -0.3 is 19.9 Å². The lowest BCUT2D eigenvalue weighted by atomic mass is 9.94. The Kier molecular flexibility index (Phi) is 13.1. The molecule has 1 N–H and O–H groups in total. The van der Waals surface area contributed by atoms with Gasteiger partial charge >= 0.3 is 5.97 Å². The van der Waals surface area contributed by atoms with Crippen LogP contribution in [0, 0.1) is 17.8 Å². The Bertz CT molecular complexity index is 907. The summed E-state index contributed by atoms with van der Waals surface area (Å²) in [5.41, 5.74) is 0.577. The highest BCUT2D eigenvalue weighted by Gasteiger charge is 2.36. The van der Waals surface area contributed by atoms with Crippen LogP contribution >= 0.6 is 0 Å². The van der Waals surface area contributed by atoms with Crippen molar-refractivity contribution in [2.75, 3.05) is 33.3 Å². The first kappa shape index (κ1) is 33.8. The minimum atomic E-state index is -0.652. The molecule has 0 aromatic heterocycles. The number of carbonyl (C=O) groups is 4. The second-order valence-corrected chi connectivity index (χ2v) is 12.4. The zero-order chi connectivity index (χ0) is 30.1. The minimum absolute atomic E-state index is 0.0598. The normalized spacial score (nSPS) is 20.9. The minimum Gasteiger partial charge on any atom is -0.466 e. The number of esters is 1. The molecular formula is C31H54N4O5. The number of hydrogen-bond acceptors (Lipinski definition) is 6. The standard InChI is InChI=1S/C31H54N4O5/c1-10-40-31(39)24-14-17-34(18-15-24)29(37)23(8)19-26(20(2)3)33(9)30(38)27(21(4)5)32-28(36)25-13-11-12-16-35(25)22(6)7/h19-22,24-27H,10-18H2,1-9H3,(H,32,36)/b23-19+/t25?,26-,27?/m1/s1. The first-order valence-electron chi connectivity index (χ1n) is 15.3. The Morgan fingerprint density at radius 3 is 2.10 bits per heavy atom. The largest absolute Gasteiger partial charge is 0.466 e. The number of likely N-dealkylation sites (N-methyl/N-ethyl adjacent to an activating group) is 1. The number of amides is 3. The van der Waals surface area contributed by atoms with E-state index in [0.29, 0.717) is 38.1 Å². The highest BCUT2D eigenvalue weighted by atomic mass is 16.5. The third kappa shape index (κ3) is 8.79. The molecule has 3 amide bonds. The Hall–Kier alpha value is -2.42. The van der Waals surface area contributed by atoms with E-state index >= 15 is 0 Å². The molecule has 40 heavy (non-hydrogen) atoms. The van der Waals surface area contributed by atoms with Crippen molar-refractivity contribution in [2.24, 2.45) is 17.8 Å². The lowest BCUT2D eigenvalue weighted by Crippen LogP contribution is -2.58. The first-order chi connectivity index (χ1) is 18.8. The van der Waals surface area contributed by atoms with Crippen molar-refractivity contribution in [1.82, 2.24) is 20.0 Å². The van der Waals surface area contributed by atoms with E-state index in [-0.39, 0.29) is 59.6 Å². The third-order valence-electron chi connectivity index (χ3n) is 8.38. The molecule has 0 saturated carbocycles. The van der Waals surface area contributed by atoms with Crippen molar-refractivity contribution in [3.05, 3.63) is 11.6 Å². The van der Waals surface area contributed by atoms with E-state index in [0.717, 1.165) is 25.8 Å². The van der Waals surface area contributed by atoms with E-state index in [1.807, 2.05) is 33.8 Å². The van der Waals surface area contributed by atoms with Crippen molar-refractivity contribution in [3.63, 3.8) is 0 Å². The van der Waals surface area contributed by atoms with Crippen LogP contribution in [0.5, 0.6) is 0 Å². The molecule has 9 heteroatoms. The topological polar surface area (TPSA) is 99.3 Å². The van der Waals surface area contributed by atoms with Gasteiger partial charge in [-0.15, -0.1) is 0 Å². The van der Waals surface area contributed by atoms with Crippen LogP contribution in [0.25, 0.3) is 0 Å². The number of piperidine rings is 2. The van der Waals surface area contributed by atoms with Gasteiger partial charge in [0.15, 0.2) is 0 Å². The molecular weight excluding hydrogens is 508 g/mol. The molecule has 2 unspecified atom stereocenters. The predicted molar refractivity (Wildman–Crippen MR) is 157 cm³/mol. The molecule has 0 aromatic rings. The quantitative estimate of drug-likeness (QED) is 0.305. The van der Waals surface area contributed by atoms with Crippen molar-refractivity contribution < 1.29 is 23.9 Å². The molecule has 0 bridgehead atoms. The SMILES string of the molecule is CCOC(=O)C1CCN(C(=O)/C(C)=C/[C@H](C(C)C)N(C)C(=O)C(NC(=O)C2CCCCN2C(C)C)C(C)C)CC1. The maximum Gasteiger partial charge on any atom is 0.309 e. The van der Waals surface area contributed by atoms with Crippen LogP contribution in [-0.2, 0) is 23.9 Å². The van der Waals surface area contributed by atoms with E-state index in [9.17, 15) is 19.2 Å². The number of hydrogen-bond donors (Lipinski definition) is 1. The fourth-order valence-corrected chi connectivity index (χ4v) is 5.89. The second-order valence-electron chi connectivity index (χ2n) is 12.4. The Labute approximate surface area is 242 Å². The highest BCUT2D eigenvalue weighted by molar-refractivity contribution is 5.93. The van der Waals surface area contributed by atoms with Crippen LogP contribution in [0.3, 0.4) is 0 Å². The Morgan fingerprint density at radius 2 is 1.57 bits per heavy atom. The molecule has 2 fully saturated rings. The predicted octanol–water partition coefficient (Wildman–Crippen LogP) is 3.62. The zero-order valence-corrected chi connectivity index (χ0v) is 26.4. The van der Waals surface area contributed by atoms with E-state index in [1.165, 1.54) is 0 Å². The van der Waals surface area contributed by atoms with Crippen molar-refractivity contribution in [1.29, 1.82) is 0 Å². The molecule has 0 spiro atoms. The summed E-state index contributed by atoms with van der Waals surface area (Å²) in [7, 11) is 1.76. The molecule has 2 aliphatic rings. The summed E-state index contributed by atoms with van der Waals surface area (Å²) in [6.45, 7) is 18.0. The van der Waals surface area contributed by atoms with Crippen LogP contribution in [0.4, 0.5) is 0 Å². The van der Waals surface area contributed by atoms with Crippen molar-refractivity contribution in [3.8, 4) is 0 Å². The van der Waals surface area contributed by atoms with Crippen molar-refractivity contribution in [2.45, 2.75) is 112 Å². The summed E-state index contributed by atoms with van der Waals surface area (Å²) in [6.07, 6.45) is 5.96. The van der Waals surface area contributed by atoms with Gasteiger partial charge in [-0.1, -0.05) is 40.2 Å². The third-order valence-corrected chi connectivity index (χ3v) is 8.38. The molecule has 2 aliphatic heterocycles. The van der Waals surface area contributed by atoms with Crippen LogP contribution in [0.2, 0.25) is 0 Å². The lowest BCUT2D eigenvalue weighted by molar-refractivity contribution is -0.150. The monoisotopic (exact) mass is 562 g/mol. The average molecular weight is 563 g/mol. The second kappa shape index (κ2) is 15.5. The smallest absolute Gasteiger partial charge is 0.309 e. The van der Waals surface area contributed by atoms with Gasteiger partial charge in [-0.2, -0.15) is 0 Å². The number of nitrogens with one attached hydrogen (secondary N) is 1. The molecule has 228 valence electrons.